The third kappa shape index (κ3) is 7.91. The fraction of sp³-hybridized carbons (Fsp3) is 1.00. The van der Waals surface area contributed by atoms with Crippen LogP contribution in [0.1, 0.15) is 46.5 Å². The number of hydrogen-bond donors (Lipinski definition) is 1. The molecule has 3 nitrogen and oxygen atoms in total. The van der Waals surface area contributed by atoms with Crippen molar-refractivity contribution in [3.63, 3.8) is 0 Å². The van der Waals surface area contributed by atoms with Crippen molar-refractivity contribution in [2.75, 3.05) is 39.9 Å². The standard InChI is InChI=1S/C16H34N2O/c1-5-9-17-16(14(3)6-2)12-18(4)10-11-19-13-15-7-8-15/h14-17H,5-13H2,1-4H3. The van der Waals surface area contributed by atoms with Crippen molar-refractivity contribution >= 4 is 0 Å². The summed E-state index contributed by atoms with van der Waals surface area (Å²) in [5, 5.41) is 3.69. The van der Waals surface area contributed by atoms with E-state index in [4.69, 9.17) is 4.74 Å². The molecule has 0 saturated heterocycles. The molecule has 2 atom stereocenters. The van der Waals surface area contributed by atoms with E-state index in [0.717, 1.165) is 44.7 Å². The zero-order valence-electron chi connectivity index (χ0n) is 13.5. The molecule has 19 heavy (non-hydrogen) atoms. The van der Waals surface area contributed by atoms with Gasteiger partial charge in [0.1, 0.15) is 0 Å². The highest BCUT2D eigenvalue weighted by atomic mass is 16.5. The third-order valence-corrected chi connectivity index (χ3v) is 4.16. The molecule has 0 heterocycles. The molecule has 0 aromatic rings. The van der Waals surface area contributed by atoms with Gasteiger partial charge in [0, 0.05) is 25.7 Å². The average molecular weight is 270 g/mol. The number of hydrogen-bond acceptors (Lipinski definition) is 3. The van der Waals surface area contributed by atoms with Crippen molar-refractivity contribution in [1.29, 1.82) is 0 Å². The van der Waals surface area contributed by atoms with E-state index in [-0.39, 0.29) is 0 Å². The molecule has 1 saturated carbocycles. The predicted molar refractivity (Wildman–Crippen MR) is 82.6 cm³/mol. The summed E-state index contributed by atoms with van der Waals surface area (Å²) in [6.07, 6.45) is 5.22. The van der Waals surface area contributed by atoms with Crippen molar-refractivity contribution in [3.8, 4) is 0 Å². The van der Waals surface area contributed by atoms with Gasteiger partial charge in [0.05, 0.1) is 6.61 Å². The minimum Gasteiger partial charge on any atom is -0.380 e. The van der Waals surface area contributed by atoms with Gasteiger partial charge in [0.25, 0.3) is 0 Å². The number of likely N-dealkylation sites (N-methyl/N-ethyl adjacent to an activating group) is 1. The van der Waals surface area contributed by atoms with Crippen molar-refractivity contribution < 1.29 is 4.74 Å². The molecule has 0 bridgehead atoms. The summed E-state index contributed by atoms with van der Waals surface area (Å²) in [6.45, 7) is 12.0. The van der Waals surface area contributed by atoms with E-state index in [1.165, 1.54) is 25.7 Å². The lowest BCUT2D eigenvalue weighted by Crippen LogP contribution is -2.44. The Hall–Kier alpha value is -0.120. The molecular weight excluding hydrogens is 236 g/mol. The highest BCUT2D eigenvalue weighted by molar-refractivity contribution is 4.76. The normalized spacial score (nSPS) is 18.8. The number of ether oxygens (including phenoxy) is 1. The van der Waals surface area contributed by atoms with Crippen LogP contribution in [0, 0.1) is 11.8 Å². The molecule has 0 aromatic carbocycles. The Bertz CT molecular complexity index is 219. The maximum atomic E-state index is 5.72. The Kier molecular flexibility index (Phi) is 8.67. The fourth-order valence-electron chi connectivity index (χ4n) is 2.24. The topological polar surface area (TPSA) is 24.5 Å². The molecule has 0 radical (unpaired) electrons. The van der Waals surface area contributed by atoms with Crippen LogP contribution < -0.4 is 5.32 Å². The van der Waals surface area contributed by atoms with Crippen LogP contribution >= 0.6 is 0 Å². The Balaban J connectivity index is 2.14. The van der Waals surface area contributed by atoms with E-state index < -0.39 is 0 Å². The van der Waals surface area contributed by atoms with Gasteiger partial charge in [0.15, 0.2) is 0 Å². The smallest absolute Gasteiger partial charge is 0.0593 e. The van der Waals surface area contributed by atoms with Crippen LogP contribution in [0.2, 0.25) is 0 Å². The molecule has 1 rings (SSSR count). The van der Waals surface area contributed by atoms with Crippen molar-refractivity contribution in [3.05, 3.63) is 0 Å². The second-order valence-electron chi connectivity index (χ2n) is 6.23. The Labute approximate surface area is 120 Å². The van der Waals surface area contributed by atoms with E-state index in [9.17, 15) is 0 Å². The first-order valence-electron chi connectivity index (χ1n) is 8.17. The average Bonchev–Trinajstić information content (AvgIpc) is 3.22. The minimum absolute atomic E-state index is 0.610. The molecule has 114 valence electrons. The Morgan fingerprint density at radius 1 is 1.32 bits per heavy atom. The third-order valence-electron chi connectivity index (χ3n) is 4.16. The van der Waals surface area contributed by atoms with Crippen LogP contribution in [-0.2, 0) is 4.74 Å². The quantitative estimate of drug-likeness (QED) is 0.552. The molecule has 0 amide bonds. The Morgan fingerprint density at radius 2 is 2.05 bits per heavy atom. The summed E-state index contributed by atoms with van der Waals surface area (Å²) < 4.78 is 5.72. The van der Waals surface area contributed by atoms with E-state index in [0.29, 0.717) is 6.04 Å². The molecule has 0 aliphatic heterocycles. The molecule has 0 aromatic heterocycles. The lowest BCUT2D eigenvalue weighted by Gasteiger charge is -2.29. The first kappa shape index (κ1) is 16.9. The minimum atomic E-state index is 0.610. The van der Waals surface area contributed by atoms with Gasteiger partial charge < -0.3 is 15.0 Å². The summed E-state index contributed by atoms with van der Waals surface area (Å²) in [4.78, 5) is 2.41. The first-order valence-corrected chi connectivity index (χ1v) is 8.17. The summed E-state index contributed by atoms with van der Waals surface area (Å²) >= 11 is 0. The highest BCUT2D eigenvalue weighted by Gasteiger charge is 2.21. The molecular formula is C16H34N2O. The maximum absolute atomic E-state index is 5.72. The summed E-state index contributed by atoms with van der Waals surface area (Å²) in [5.74, 6) is 1.62. The lowest BCUT2D eigenvalue weighted by molar-refractivity contribution is 0.0983. The molecule has 1 fully saturated rings. The lowest BCUT2D eigenvalue weighted by atomic mass is 9.98. The van der Waals surface area contributed by atoms with Crippen LogP contribution in [0.3, 0.4) is 0 Å². The van der Waals surface area contributed by atoms with E-state index in [2.05, 4.69) is 38.0 Å². The number of nitrogens with zero attached hydrogens (tertiary/aromatic N) is 1. The van der Waals surface area contributed by atoms with Gasteiger partial charge in [-0.05, 0) is 44.7 Å². The Morgan fingerprint density at radius 3 is 2.63 bits per heavy atom. The van der Waals surface area contributed by atoms with Gasteiger partial charge in [-0.2, -0.15) is 0 Å². The second kappa shape index (κ2) is 9.73. The van der Waals surface area contributed by atoms with Crippen LogP contribution in [0.5, 0.6) is 0 Å². The number of nitrogens with one attached hydrogen (secondary N) is 1. The van der Waals surface area contributed by atoms with Gasteiger partial charge in [-0.1, -0.05) is 27.2 Å². The van der Waals surface area contributed by atoms with Gasteiger partial charge >= 0.3 is 0 Å². The maximum Gasteiger partial charge on any atom is 0.0593 e. The first-order chi connectivity index (χ1) is 9.17. The molecule has 2 unspecified atom stereocenters. The molecule has 3 heteroatoms. The van der Waals surface area contributed by atoms with E-state index >= 15 is 0 Å². The van der Waals surface area contributed by atoms with Crippen LogP contribution in [-0.4, -0.2) is 50.8 Å². The van der Waals surface area contributed by atoms with Crippen LogP contribution in [0.15, 0.2) is 0 Å². The van der Waals surface area contributed by atoms with E-state index in [1.807, 2.05) is 0 Å². The zero-order valence-corrected chi connectivity index (χ0v) is 13.5. The largest absolute Gasteiger partial charge is 0.380 e. The van der Waals surface area contributed by atoms with E-state index in [1.54, 1.807) is 0 Å². The van der Waals surface area contributed by atoms with Crippen LogP contribution in [0.4, 0.5) is 0 Å². The summed E-state index contributed by atoms with van der Waals surface area (Å²) in [7, 11) is 2.21. The summed E-state index contributed by atoms with van der Waals surface area (Å²) in [5.41, 5.74) is 0. The predicted octanol–water partition coefficient (Wildman–Crippen LogP) is 2.76. The fourth-order valence-corrected chi connectivity index (χ4v) is 2.24. The van der Waals surface area contributed by atoms with Gasteiger partial charge in [-0.25, -0.2) is 0 Å². The molecule has 1 aliphatic rings. The van der Waals surface area contributed by atoms with Gasteiger partial charge in [-0.3, -0.25) is 0 Å². The summed E-state index contributed by atoms with van der Waals surface area (Å²) in [6, 6.07) is 0.610. The highest BCUT2D eigenvalue weighted by Crippen LogP contribution is 2.28. The monoisotopic (exact) mass is 270 g/mol. The SMILES string of the molecule is CCCNC(CN(C)CCOCC1CC1)C(C)CC. The van der Waals surface area contributed by atoms with Gasteiger partial charge in [0.2, 0.25) is 0 Å². The molecule has 1 N–H and O–H groups in total. The van der Waals surface area contributed by atoms with Crippen molar-refractivity contribution in [2.24, 2.45) is 11.8 Å². The number of rotatable bonds is 12. The van der Waals surface area contributed by atoms with Crippen molar-refractivity contribution in [1.82, 2.24) is 10.2 Å². The molecule has 1 aliphatic carbocycles. The van der Waals surface area contributed by atoms with Gasteiger partial charge in [-0.15, -0.1) is 0 Å². The zero-order chi connectivity index (χ0) is 14.1. The molecule has 0 spiro atoms. The van der Waals surface area contributed by atoms with Crippen molar-refractivity contribution in [2.45, 2.75) is 52.5 Å². The van der Waals surface area contributed by atoms with Crippen LogP contribution in [0.25, 0.3) is 0 Å². The second-order valence-corrected chi connectivity index (χ2v) is 6.23.